The molecule has 19 heavy (non-hydrogen) atoms. The molecule has 0 aromatic rings. The fourth-order valence-corrected chi connectivity index (χ4v) is 3.11. The predicted octanol–water partition coefficient (Wildman–Crippen LogP) is 1.69. The lowest BCUT2D eigenvalue weighted by molar-refractivity contribution is -0.132. The van der Waals surface area contributed by atoms with Gasteiger partial charge < -0.3 is 10.6 Å². The molecule has 0 aromatic carbocycles. The van der Waals surface area contributed by atoms with Crippen molar-refractivity contribution < 1.29 is 4.79 Å². The number of amides is 1. The van der Waals surface area contributed by atoms with Crippen LogP contribution >= 0.6 is 0 Å². The van der Waals surface area contributed by atoms with Crippen molar-refractivity contribution in [3.63, 3.8) is 0 Å². The van der Waals surface area contributed by atoms with Crippen LogP contribution < -0.4 is 5.73 Å². The molecule has 0 bridgehead atoms. The van der Waals surface area contributed by atoms with E-state index in [1.165, 1.54) is 19.3 Å². The average Bonchev–Trinajstić information content (AvgIpc) is 2.86. The number of rotatable bonds is 8. The molecule has 2 N–H and O–H groups in total. The zero-order chi connectivity index (χ0) is 14.3. The summed E-state index contributed by atoms with van der Waals surface area (Å²) in [6.07, 6.45) is 4.41. The van der Waals surface area contributed by atoms with Crippen LogP contribution in [0.4, 0.5) is 0 Å². The molecule has 0 aromatic heterocycles. The minimum Gasteiger partial charge on any atom is -0.343 e. The minimum absolute atomic E-state index is 0.231. The Morgan fingerprint density at radius 3 is 2.58 bits per heavy atom. The molecule has 1 heterocycles. The summed E-state index contributed by atoms with van der Waals surface area (Å²) in [5.74, 6) is 1.06. The summed E-state index contributed by atoms with van der Waals surface area (Å²) < 4.78 is 0. The number of hydrogen-bond acceptors (Lipinski definition) is 3. The maximum Gasteiger partial charge on any atom is 0.224 e. The van der Waals surface area contributed by atoms with Gasteiger partial charge in [-0.15, -0.1) is 0 Å². The molecular weight excluding hydrogens is 238 g/mol. The Morgan fingerprint density at radius 2 is 2.05 bits per heavy atom. The summed E-state index contributed by atoms with van der Waals surface area (Å²) in [6.45, 7) is 10.7. The van der Waals surface area contributed by atoms with Crippen molar-refractivity contribution in [3.05, 3.63) is 0 Å². The first-order valence-corrected chi connectivity index (χ1v) is 7.88. The smallest absolute Gasteiger partial charge is 0.224 e. The summed E-state index contributed by atoms with van der Waals surface area (Å²) in [4.78, 5) is 16.5. The van der Waals surface area contributed by atoms with Gasteiger partial charge in [-0.05, 0) is 39.2 Å². The lowest BCUT2D eigenvalue weighted by atomic mass is 10.0. The van der Waals surface area contributed by atoms with Gasteiger partial charge in [0.2, 0.25) is 5.91 Å². The quantitative estimate of drug-likeness (QED) is 0.729. The number of carbonyl (C=O) groups is 1. The molecule has 0 aliphatic carbocycles. The second-order valence-electron chi connectivity index (χ2n) is 5.60. The summed E-state index contributed by atoms with van der Waals surface area (Å²) in [5.41, 5.74) is 5.89. The standard InChI is InChI=1S/C15H31N3O/c1-4-7-13-8-9-18(12-13)14(11-16)10-15(19)17(5-2)6-3/h13-14H,4-12,16H2,1-3H3. The lowest BCUT2D eigenvalue weighted by Crippen LogP contribution is -2.43. The van der Waals surface area contributed by atoms with E-state index in [2.05, 4.69) is 11.8 Å². The second kappa shape index (κ2) is 8.54. The number of nitrogens with zero attached hydrogens (tertiary/aromatic N) is 2. The van der Waals surface area contributed by atoms with E-state index in [0.717, 1.165) is 32.1 Å². The summed E-state index contributed by atoms with van der Waals surface area (Å²) in [7, 11) is 0. The van der Waals surface area contributed by atoms with Crippen LogP contribution in [-0.2, 0) is 4.79 Å². The molecule has 4 heteroatoms. The third kappa shape index (κ3) is 4.77. The first kappa shape index (κ1) is 16.4. The van der Waals surface area contributed by atoms with Crippen LogP contribution in [-0.4, -0.2) is 54.5 Å². The van der Waals surface area contributed by atoms with Crippen LogP contribution in [0.15, 0.2) is 0 Å². The molecular formula is C15H31N3O. The van der Waals surface area contributed by atoms with Gasteiger partial charge in [0, 0.05) is 38.6 Å². The topological polar surface area (TPSA) is 49.6 Å². The van der Waals surface area contributed by atoms with Gasteiger partial charge in [0.15, 0.2) is 0 Å². The molecule has 1 fully saturated rings. The molecule has 1 saturated heterocycles. The minimum atomic E-state index is 0.231. The molecule has 0 radical (unpaired) electrons. The van der Waals surface area contributed by atoms with Crippen molar-refractivity contribution in [2.24, 2.45) is 11.7 Å². The van der Waals surface area contributed by atoms with E-state index >= 15 is 0 Å². The van der Waals surface area contributed by atoms with Crippen molar-refractivity contribution in [2.45, 2.75) is 52.5 Å². The fourth-order valence-electron chi connectivity index (χ4n) is 3.11. The Balaban J connectivity index is 2.47. The highest BCUT2D eigenvalue weighted by atomic mass is 16.2. The van der Waals surface area contributed by atoms with Gasteiger partial charge >= 0.3 is 0 Å². The van der Waals surface area contributed by atoms with Gasteiger partial charge in [-0.2, -0.15) is 0 Å². The van der Waals surface area contributed by atoms with Gasteiger partial charge in [0.05, 0.1) is 0 Å². The van der Waals surface area contributed by atoms with Crippen LogP contribution in [0.2, 0.25) is 0 Å². The van der Waals surface area contributed by atoms with Crippen LogP contribution in [0.5, 0.6) is 0 Å². The number of nitrogens with two attached hydrogens (primary N) is 1. The van der Waals surface area contributed by atoms with E-state index in [4.69, 9.17) is 5.73 Å². The van der Waals surface area contributed by atoms with E-state index in [-0.39, 0.29) is 11.9 Å². The molecule has 112 valence electrons. The third-order valence-corrected chi connectivity index (χ3v) is 4.33. The molecule has 4 nitrogen and oxygen atoms in total. The molecule has 2 atom stereocenters. The van der Waals surface area contributed by atoms with Crippen molar-refractivity contribution in [1.29, 1.82) is 0 Å². The van der Waals surface area contributed by atoms with Crippen molar-refractivity contribution in [3.8, 4) is 0 Å². The molecule has 1 aliphatic rings. The van der Waals surface area contributed by atoms with Gasteiger partial charge in [0.25, 0.3) is 0 Å². The Morgan fingerprint density at radius 1 is 1.37 bits per heavy atom. The van der Waals surface area contributed by atoms with Gasteiger partial charge in [-0.1, -0.05) is 13.3 Å². The molecule has 0 saturated carbocycles. The first-order valence-electron chi connectivity index (χ1n) is 7.88. The Bertz CT molecular complexity index is 266. The van der Waals surface area contributed by atoms with Gasteiger partial charge in [-0.3, -0.25) is 9.69 Å². The second-order valence-corrected chi connectivity index (χ2v) is 5.60. The normalized spacial score (nSPS) is 21.6. The van der Waals surface area contributed by atoms with E-state index in [0.29, 0.717) is 13.0 Å². The predicted molar refractivity (Wildman–Crippen MR) is 80.0 cm³/mol. The number of hydrogen-bond donors (Lipinski definition) is 1. The van der Waals surface area contributed by atoms with Crippen LogP contribution in [0.1, 0.15) is 46.5 Å². The summed E-state index contributed by atoms with van der Waals surface area (Å²) >= 11 is 0. The molecule has 1 rings (SSSR count). The van der Waals surface area contributed by atoms with E-state index < -0.39 is 0 Å². The first-order chi connectivity index (χ1) is 9.15. The lowest BCUT2D eigenvalue weighted by Gasteiger charge is -2.28. The fraction of sp³-hybridized carbons (Fsp3) is 0.933. The van der Waals surface area contributed by atoms with Crippen LogP contribution in [0, 0.1) is 5.92 Å². The Hall–Kier alpha value is -0.610. The monoisotopic (exact) mass is 269 g/mol. The molecule has 0 spiro atoms. The molecule has 1 aliphatic heterocycles. The van der Waals surface area contributed by atoms with Crippen LogP contribution in [0.25, 0.3) is 0 Å². The SMILES string of the molecule is CCCC1CCN(C(CN)CC(=O)N(CC)CC)C1. The Labute approximate surface area is 118 Å². The highest BCUT2D eigenvalue weighted by molar-refractivity contribution is 5.76. The summed E-state index contributed by atoms with van der Waals surface area (Å²) in [5, 5.41) is 0. The number of likely N-dealkylation sites (tertiary alicyclic amines) is 1. The number of carbonyl (C=O) groups excluding carboxylic acids is 1. The Kier molecular flexibility index (Phi) is 7.39. The van der Waals surface area contributed by atoms with Crippen LogP contribution in [0.3, 0.4) is 0 Å². The molecule has 2 unspecified atom stereocenters. The highest BCUT2D eigenvalue weighted by Crippen LogP contribution is 2.23. The summed E-state index contributed by atoms with van der Waals surface area (Å²) in [6, 6.07) is 0.231. The van der Waals surface area contributed by atoms with E-state index in [9.17, 15) is 4.79 Å². The highest BCUT2D eigenvalue weighted by Gasteiger charge is 2.29. The largest absolute Gasteiger partial charge is 0.343 e. The third-order valence-electron chi connectivity index (χ3n) is 4.33. The molecule has 1 amide bonds. The van der Waals surface area contributed by atoms with Crippen molar-refractivity contribution >= 4 is 5.91 Å². The van der Waals surface area contributed by atoms with E-state index in [1.807, 2.05) is 18.7 Å². The van der Waals surface area contributed by atoms with Gasteiger partial charge in [-0.25, -0.2) is 0 Å². The van der Waals surface area contributed by atoms with Crippen molar-refractivity contribution in [2.75, 3.05) is 32.7 Å². The van der Waals surface area contributed by atoms with Crippen molar-refractivity contribution in [1.82, 2.24) is 9.80 Å². The average molecular weight is 269 g/mol. The zero-order valence-electron chi connectivity index (χ0n) is 12.9. The zero-order valence-corrected chi connectivity index (χ0v) is 12.9. The maximum absolute atomic E-state index is 12.2. The van der Waals surface area contributed by atoms with Gasteiger partial charge in [0.1, 0.15) is 0 Å². The van der Waals surface area contributed by atoms with E-state index in [1.54, 1.807) is 0 Å². The maximum atomic E-state index is 12.2.